The molecule has 0 N–H and O–H groups in total. The van der Waals surface area contributed by atoms with Crippen LogP contribution in [0, 0.1) is 0 Å². The van der Waals surface area contributed by atoms with Gasteiger partial charge in [0, 0.05) is 37.0 Å². The summed E-state index contributed by atoms with van der Waals surface area (Å²) in [4.78, 5) is 28.8. The largest absolute Gasteiger partial charge is 0.336 e. The Balaban J connectivity index is 2.14. The van der Waals surface area contributed by atoms with Gasteiger partial charge in [-0.05, 0) is 59.3 Å². The Morgan fingerprint density at radius 2 is 2.14 bits per heavy atom. The lowest BCUT2D eigenvalue weighted by Crippen LogP contribution is -2.45. The highest BCUT2D eigenvalue weighted by atomic mass is 16.2. The first kappa shape index (κ1) is 16.7. The minimum Gasteiger partial charge on any atom is -0.336 e. The van der Waals surface area contributed by atoms with Gasteiger partial charge in [0.2, 0.25) is 0 Å². The van der Waals surface area contributed by atoms with Crippen molar-refractivity contribution in [2.24, 2.45) is 0 Å². The van der Waals surface area contributed by atoms with Gasteiger partial charge in [0.1, 0.15) is 0 Å². The van der Waals surface area contributed by atoms with Crippen molar-refractivity contribution in [2.45, 2.75) is 45.2 Å². The molecule has 2 rings (SSSR count). The van der Waals surface area contributed by atoms with Gasteiger partial charge in [0.15, 0.2) is 0 Å². The van der Waals surface area contributed by atoms with E-state index in [1.54, 1.807) is 16.8 Å². The lowest BCUT2D eigenvalue weighted by atomic mass is 9.98. The Hall–Kier alpha value is -1.62. The Labute approximate surface area is 132 Å². The van der Waals surface area contributed by atoms with E-state index in [0.29, 0.717) is 12.1 Å². The standard InChI is InChI=1S/C17H27N3O2/c1-4-19-12-8-14(13-16(19)21)17(22)20-10-6-5-7-15(20)9-11-18(2)3/h8,12-13,15H,4-7,9-11H2,1-3H3/t15-/m1/s1. The van der Waals surface area contributed by atoms with Crippen molar-refractivity contribution in [2.75, 3.05) is 27.2 Å². The van der Waals surface area contributed by atoms with Gasteiger partial charge in [0.05, 0.1) is 0 Å². The number of likely N-dealkylation sites (tertiary alicyclic amines) is 1. The molecule has 5 nitrogen and oxygen atoms in total. The highest BCUT2D eigenvalue weighted by Crippen LogP contribution is 2.21. The van der Waals surface area contributed by atoms with Crippen LogP contribution in [0.25, 0.3) is 0 Å². The van der Waals surface area contributed by atoms with Crippen LogP contribution in [0.4, 0.5) is 0 Å². The van der Waals surface area contributed by atoms with Gasteiger partial charge in [-0.3, -0.25) is 9.59 Å². The van der Waals surface area contributed by atoms with E-state index in [0.717, 1.165) is 32.4 Å². The molecule has 5 heteroatoms. The fraction of sp³-hybridized carbons (Fsp3) is 0.647. The molecule has 1 amide bonds. The SMILES string of the molecule is CCn1ccc(C(=O)N2CCCC[C@@H]2CCN(C)C)cc1=O. The predicted molar refractivity (Wildman–Crippen MR) is 88.2 cm³/mol. The van der Waals surface area contributed by atoms with Gasteiger partial charge in [-0.15, -0.1) is 0 Å². The van der Waals surface area contributed by atoms with Crippen molar-refractivity contribution in [3.8, 4) is 0 Å². The first-order valence-electron chi connectivity index (χ1n) is 8.19. The molecule has 0 aliphatic carbocycles. The van der Waals surface area contributed by atoms with Crippen LogP contribution in [0.5, 0.6) is 0 Å². The van der Waals surface area contributed by atoms with Gasteiger partial charge in [0.25, 0.3) is 11.5 Å². The van der Waals surface area contributed by atoms with Crippen LogP contribution in [-0.4, -0.2) is 53.5 Å². The Morgan fingerprint density at radius 3 is 2.77 bits per heavy atom. The molecule has 0 unspecified atom stereocenters. The third kappa shape index (κ3) is 3.97. The van der Waals surface area contributed by atoms with Crippen molar-refractivity contribution >= 4 is 5.91 Å². The summed E-state index contributed by atoms with van der Waals surface area (Å²) in [5.74, 6) is 0.00353. The summed E-state index contributed by atoms with van der Waals surface area (Å²) < 4.78 is 1.61. The van der Waals surface area contributed by atoms with E-state index in [4.69, 9.17) is 0 Å². The molecule has 122 valence electrons. The monoisotopic (exact) mass is 305 g/mol. The minimum atomic E-state index is -0.102. The van der Waals surface area contributed by atoms with Crippen LogP contribution in [0.2, 0.25) is 0 Å². The first-order valence-corrected chi connectivity index (χ1v) is 8.19. The molecule has 1 fully saturated rings. The van der Waals surface area contributed by atoms with Crippen molar-refractivity contribution in [1.82, 2.24) is 14.4 Å². The zero-order valence-corrected chi connectivity index (χ0v) is 13.9. The minimum absolute atomic E-state index is 0.00353. The van der Waals surface area contributed by atoms with E-state index in [2.05, 4.69) is 19.0 Å². The van der Waals surface area contributed by atoms with Crippen molar-refractivity contribution < 1.29 is 4.79 Å². The lowest BCUT2D eigenvalue weighted by molar-refractivity contribution is 0.0591. The van der Waals surface area contributed by atoms with Gasteiger partial charge in [-0.25, -0.2) is 0 Å². The van der Waals surface area contributed by atoms with E-state index in [1.165, 1.54) is 12.5 Å². The molecule has 1 aromatic rings. The zero-order valence-electron chi connectivity index (χ0n) is 13.9. The molecule has 1 aromatic heterocycles. The van der Waals surface area contributed by atoms with Crippen molar-refractivity contribution in [3.63, 3.8) is 0 Å². The molecule has 1 saturated heterocycles. The Morgan fingerprint density at radius 1 is 1.36 bits per heavy atom. The van der Waals surface area contributed by atoms with E-state index in [9.17, 15) is 9.59 Å². The summed E-state index contributed by atoms with van der Waals surface area (Å²) in [7, 11) is 4.11. The molecule has 1 aliphatic rings. The molecule has 1 atom stereocenters. The smallest absolute Gasteiger partial charge is 0.254 e. The number of aryl methyl sites for hydroxylation is 1. The number of hydrogen-bond donors (Lipinski definition) is 0. The third-order valence-electron chi connectivity index (χ3n) is 4.38. The second-order valence-corrected chi connectivity index (χ2v) is 6.28. The van der Waals surface area contributed by atoms with Gasteiger partial charge in [-0.1, -0.05) is 0 Å². The molecule has 0 bridgehead atoms. The van der Waals surface area contributed by atoms with Crippen LogP contribution in [0.3, 0.4) is 0 Å². The second kappa shape index (κ2) is 7.58. The third-order valence-corrected chi connectivity index (χ3v) is 4.38. The van der Waals surface area contributed by atoms with Crippen molar-refractivity contribution in [3.05, 3.63) is 34.2 Å². The average molecular weight is 305 g/mol. The van der Waals surface area contributed by atoms with E-state index < -0.39 is 0 Å². The molecule has 2 heterocycles. The topological polar surface area (TPSA) is 45.6 Å². The summed E-state index contributed by atoms with van der Waals surface area (Å²) in [5.41, 5.74) is 0.418. The molecule has 0 radical (unpaired) electrons. The number of hydrogen-bond acceptors (Lipinski definition) is 3. The molecular weight excluding hydrogens is 278 g/mol. The highest BCUT2D eigenvalue weighted by molar-refractivity contribution is 5.94. The van der Waals surface area contributed by atoms with E-state index in [-0.39, 0.29) is 17.5 Å². The van der Waals surface area contributed by atoms with Crippen LogP contribution < -0.4 is 5.56 Å². The van der Waals surface area contributed by atoms with Crippen LogP contribution in [0.15, 0.2) is 23.1 Å². The summed E-state index contributed by atoms with van der Waals surface area (Å²) in [6, 6.07) is 3.53. The molecule has 22 heavy (non-hydrogen) atoms. The summed E-state index contributed by atoms with van der Waals surface area (Å²) in [6.07, 6.45) is 6.00. The van der Waals surface area contributed by atoms with E-state index in [1.807, 2.05) is 11.8 Å². The average Bonchev–Trinajstić information content (AvgIpc) is 2.52. The number of carbonyl (C=O) groups is 1. The van der Waals surface area contributed by atoms with Crippen LogP contribution in [0.1, 0.15) is 43.0 Å². The number of carbonyl (C=O) groups excluding carboxylic acids is 1. The number of nitrogens with zero attached hydrogens (tertiary/aromatic N) is 3. The summed E-state index contributed by atoms with van der Waals surface area (Å²) in [5, 5.41) is 0. The van der Waals surface area contributed by atoms with Crippen molar-refractivity contribution in [1.29, 1.82) is 0 Å². The summed E-state index contributed by atoms with van der Waals surface area (Å²) in [6.45, 7) is 4.33. The van der Waals surface area contributed by atoms with Crippen LogP contribution in [-0.2, 0) is 6.54 Å². The molecule has 0 aromatic carbocycles. The molecule has 1 aliphatic heterocycles. The van der Waals surface area contributed by atoms with E-state index >= 15 is 0 Å². The number of piperidine rings is 1. The quantitative estimate of drug-likeness (QED) is 0.833. The second-order valence-electron chi connectivity index (χ2n) is 6.28. The Kier molecular flexibility index (Phi) is 5.77. The molecule has 0 saturated carbocycles. The Bertz CT molecular complexity index is 565. The summed E-state index contributed by atoms with van der Waals surface area (Å²) >= 11 is 0. The maximum absolute atomic E-state index is 12.8. The number of pyridine rings is 1. The number of rotatable bonds is 5. The first-order chi connectivity index (χ1) is 10.5. The fourth-order valence-corrected chi connectivity index (χ4v) is 3.04. The van der Waals surface area contributed by atoms with Gasteiger partial charge < -0.3 is 14.4 Å². The maximum Gasteiger partial charge on any atom is 0.254 e. The normalized spacial score (nSPS) is 18.7. The highest BCUT2D eigenvalue weighted by Gasteiger charge is 2.27. The fourth-order valence-electron chi connectivity index (χ4n) is 3.04. The maximum atomic E-state index is 12.8. The van der Waals surface area contributed by atoms with Gasteiger partial charge >= 0.3 is 0 Å². The lowest BCUT2D eigenvalue weighted by Gasteiger charge is -2.36. The molecule has 0 spiro atoms. The van der Waals surface area contributed by atoms with Gasteiger partial charge in [-0.2, -0.15) is 0 Å². The number of amides is 1. The van der Waals surface area contributed by atoms with Crippen LogP contribution >= 0.6 is 0 Å². The number of aromatic nitrogens is 1. The predicted octanol–water partition coefficient (Wildman–Crippen LogP) is 1.81. The molecular formula is C17H27N3O2. The zero-order chi connectivity index (χ0) is 16.1.